The summed E-state index contributed by atoms with van der Waals surface area (Å²) in [5.74, 6) is -0.457. The number of carbonyl (C=O) groups is 2. The molecule has 1 aromatic heterocycles. The van der Waals surface area contributed by atoms with Crippen molar-refractivity contribution in [1.82, 2.24) is 19.8 Å². The average Bonchev–Trinajstić information content (AvgIpc) is 3.36. The van der Waals surface area contributed by atoms with Crippen LogP contribution < -0.4 is 0 Å². The van der Waals surface area contributed by atoms with Gasteiger partial charge in [0.15, 0.2) is 0 Å². The Morgan fingerprint density at radius 2 is 1.79 bits per heavy atom. The third-order valence-electron chi connectivity index (χ3n) is 5.73. The molecule has 0 bridgehead atoms. The molecule has 1 aliphatic carbocycles. The van der Waals surface area contributed by atoms with Gasteiger partial charge < -0.3 is 0 Å². The standard InChI is InChI=1S/C20H23N5O4/c1-13-18(25(28)29)19(22(2)21-13)20(27)24-9-5-8-23(24)17(26)12-14-10-15-6-3-4-7-16(15)11-14/h3-4,6-7,14H,5,8-12H2,1-2H3. The molecule has 152 valence electrons. The van der Waals surface area contributed by atoms with Gasteiger partial charge in [-0.15, -0.1) is 0 Å². The number of aryl methyl sites for hydroxylation is 2. The highest BCUT2D eigenvalue weighted by atomic mass is 16.6. The molecule has 0 unspecified atom stereocenters. The number of hydrogen-bond acceptors (Lipinski definition) is 5. The van der Waals surface area contributed by atoms with Gasteiger partial charge in [-0.2, -0.15) is 5.10 Å². The Morgan fingerprint density at radius 1 is 1.17 bits per heavy atom. The number of nitrogens with zero attached hydrogens (tertiary/aromatic N) is 5. The van der Waals surface area contributed by atoms with Gasteiger partial charge >= 0.3 is 5.69 Å². The summed E-state index contributed by atoms with van der Waals surface area (Å²) < 4.78 is 1.23. The molecule has 9 nitrogen and oxygen atoms in total. The minimum Gasteiger partial charge on any atom is -0.273 e. The maximum Gasteiger partial charge on any atom is 0.322 e. The molecular weight excluding hydrogens is 374 g/mol. The van der Waals surface area contributed by atoms with Crippen LogP contribution in [0.25, 0.3) is 0 Å². The van der Waals surface area contributed by atoms with Crippen LogP contribution >= 0.6 is 0 Å². The Morgan fingerprint density at radius 3 is 2.41 bits per heavy atom. The molecule has 1 aliphatic heterocycles. The second-order valence-electron chi connectivity index (χ2n) is 7.71. The summed E-state index contributed by atoms with van der Waals surface area (Å²) >= 11 is 0. The van der Waals surface area contributed by atoms with Crippen LogP contribution in [0.3, 0.4) is 0 Å². The van der Waals surface area contributed by atoms with Gasteiger partial charge in [-0.1, -0.05) is 24.3 Å². The Kier molecular flexibility index (Phi) is 4.81. The van der Waals surface area contributed by atoms with E-state index in [9.17, 15) is 19.7 Å². The Labute approximate surface area is 168 Å². The van der Waals surface area contributed by atoms with Crippen LogP contribution in [0.1, 0.15) is 40.2 Å². The molecule has 2 amide bonds. The van der Waals surface area contributed by atoms with E-state index in [-0.39, 0.29) is 28.9 Å². The third-order valence-corrected chi connectivity index (χ3v) is 5.73. The van der Waals surface area contributed by atoms with Gasteiger partial charge in [0.2, 0.25) is 11.6 Å². The SMILES string of the molecule is Cc1nn(C)c(C(=O)N2CCCN2C(=O)CC2Cc3ccccc3C2)c1[N+](=O)[O-]. The predicted molar refractivity (Wildman–Crippen MR) is 104 cm³/mol. The molecule has 0 radical (unpaired) electrons. The van der Waals surface area contributed by atoms with Crippen molar-refractivity contribution in [3.8, 4) is 0 Å². The molecule has 0 saturated carbocycles. The number of aromatic nitrogens is 2. The molecule has 1 aromatic carbocycles. The summed E-state index contributed by atoms with van der Waals surface area (Å²) in [6.45, 7) is 2.30. The average molecular weight is 397 g/mol. The van der Waals surface area contributed by atoms with Crippen molar-refractivity contribution in [3.05, 3.63) is 56.9 Å². The Hall–Kier alpha value is -3.23. The van der Waals surface area contributed by atoms with Crippen molar-refractivity contribution >= 4 is 17.5 Å². The highest BCUT2D eigenvalue weighted by molar-refractivity contribution is 5.98. The van der Waals surface area contributed by atoms with E-state index in [0.29, 0.717) is 25.9 Å². The van der Waals surface area contributed by atoms with Crippen LogP contribution in [0, 0.1) is 23.0 Å². The van der Waals surface area contributed by atoms with Crippen molar-refractivity contribution < 1.29 is 14.5 Å². The van der Waals surface area contributed by atoms with E-state index in [1.54, 1.807) is 0 Å². The molecule has 1 saturated heterocycles. The third kappa shape index (κ3) is 3.37. The maximum absolute atomic E-state index is 13.1. The second-order valence-corrected chi connectivity index (χ2v) is 7.71. The molecule has 29 heavy (non-hydrogen) atoms. The first-order chi connectivity index (χ1) is 13.9. The lowest BCUT2D eigenvalue weighted by Gasteiger charge is -2.28. The predicted octanol–water partition coefficient (Wildman–Crippen LogP) is 2.03. The summed E-state index contributed by atoms with van der Waals surface area (Å²) in [4.78, 5) is 36.9. The van der Waals surface area contributed by atoms with Gasteiger partial charge in [0.05, 0.1) is 4.92 Å². The fourth-order valence-electron chi connectivity index (χ4n) is 4.46. The van der Waals surface area contributed by atoms with E-state index in [4.69, 9.17) is 0 Å². The first-order valence-electron chi connectivity index (χ1n) is 9.73. The van der Waals surface area contributed by atoms with E-state index in [1.165, 1.54) is 39.8 Å². The lowest BCUT2D eigenvalue weighted by molar-refractivity contribution is -0.385. The second kappa shape index (κ2) is 7.31. The smallest absolute Gasteiger partial charge is 0.273 e. The largest absolute Gasteiger partial charge is 0.322 e. The number of amides is 2. The van der Waals surface area contributed by atoms with E-state index in [0.717, 1.165) is 12.8 Å². The highest BCUT2D eigenvalue weighted by Crippen LogP contribution is 2.30. The number of benzene rings is 1. The number of rotatable bonds is 4. The Balaban J connectivity index is 1.50. The zero-order valence-electron chi connectivity index (χ0n) is 16.5. The molecule has 0 atom stereocenters. The van der Waals surface area contributed by atoms with Gasteiger partial charge in [-0.3, -0.25) is 29.4 Å². The first-order valence-corrected chi connectivity index (χ1v) is 9.73. The van der Waals surface area contributed by atoms with Gasteiger partial charge in [0.1, 0.15) is 5.69 Å². The normalized spacial score (nSPS) is 16.3. The molecule has 1 fully saturated rings. The van der Waals surface area contributed by atoms with Crippen LogP contribution in [0.2, 0.25) is 0 Å². The summed E-state index contributed by atoms with van der Waals surface area (Å²) in [7, 11) is 1.51. The number of hydrogen-bond donors (Lipinski definition) is 0. The number of carbonyl (C=O) groups excluding carboxylic acids is 2. The topological polar surface area (TPSA) is 102 Å². The monoisotopic (exact) mass is 397 g/mol. The molecule has 0 spiro atoms. The van der Waals surface area contributed by atoms with E-state index >= 15 is 0 Å². The number of fused-ring (bicyclic) bond motifs is 1. The maximum atomic E-state index is 13.1. The quantitative estimate of drug-likeness (QED) is 0.580. The number of hydrazine groups is 1. The van der Waals surface area contributed by atoms with Crippen molar-refractivity contribution in [2.45, 2.75) is 32.6 Å². The minimum atomic E-state index is -0.590. The van der Waals surface area contributed by atoms with Gasteiger partial charge in [-0.25, -0.2) is 5.01 Å². The first kappa shape index (κ1) is 19.1. The van der Waals surface area contributed by atoms with Gasteiger partial charge in [-0.05, 0) is 43.2 Å². The summed E-state index contributed by atoms with van der Waals surface area (Å²) in [6.07, 6.45) is 2.71. The minimum absolute atomic E-state index is 0.0968. The van der Waals surface area contributed by atoms with Crippen LogP contribution in [0.4, 0.5) is 5.69 Å². The van der Waals surface area contributed by atoms with Crippen LogP contribution in [0.15, 0.2) is 24.3 Å². The molecule has 4 rings (SSSR count). The van der Waals surface area contributed by atoms with Crippen LogP contribution in [-0.2, 0) is 24.7 Å². The fraction of sp³-hybridized carbons (Fsp3) is 0.450. The lowest BCUT2D eigenvalue weighted by Crippen LogP contribution is -2.46. The Bertz CT molecular complexity index is 974. The highest BCUT2D eigenvalue weighted by Gasteiger charge is 2.38. The fourth-order valence-corrected chi connectivity index (χ4v) is 4.46. The molecule has 2 heterocycles. The van der Waals surface area contributed by atoms with Gasteiger partial charge in [0.25, 0.3) is 5.91 Å². The van der Waals surface area contributed by atoms with Crippen molar-refractivity contribution in [1.29, 1.82) is 0 Å². The van der Waals surface area contributed by atoms with Crippen molar-refractivity contribution in [2.24, 2.45) is 13.0 Å². The van der Waals surface area contributed by atoms with Crippen LogP contribution in [0.5, 0.6) is 0 Å². The number of nitro groups is 1. The lowest BCUT2D eigenvalue weighted by atomic mass is 10.0. The van der Waals surface area contributed by atoms with Crippen molar-refractivity contribution in [2.75, 3.05) is 13.1 Å². The summed E-state index contributed by atoms with van der Waals surface area (Å²) in [6, 6.07) is 8.20. The molecule has 2 aromatic rings. The van der Waals surface area contributed by atoms with Crippen LogP contribution in [-0.4, -0.2) is 49.6 Å². The summed E-state index contributed by atoms with van der Waals surface area (Å²) in [5, 5.41) is 18.3. The molecule has 9 heteroatoms. The molecule has 2 aliphatic rings. The molecule has 0 N–H and O–H groups in total. The van der Waals surface area contributed by atoms with Gasteiger partial charge in [0, 0.05) is 26.6 Å². The van der Waals surface area contributed by atoms with E-state index in [1.807, 2.05) is 12.1 Å². The van der Waals surface area contributed by atoms with Crippen molar-refractivity contribution in [3.63, 3.8) is 0 Å². The molecular formula is C20H23N5O4. The van der Waals surface area contributed by atoms with E-state index < -0.39 is 10.8 Å². The zero-order chi connectivity index (χ0) is 20.7. The zero-order valence-corrected chi connectivity index (χ0v) is 16.5. The summed E-state index contributed by atoms with van der Waals surface area (Å²) in [5.41, 5.74) is 2.34. The van der Waals surface area contributed by atoms with E-state index in [2.05, 4.69) is 17.2 Å².